The van der Waals surface area contributed by atoms with Crippen LogP contribution in [0.25, 0.3) is 0 Å². The van der Waals surface area contributed by atoms with Gasteiger partial charge in [0, 0.05) is 24.8 Å². The van der Waals surface area contributed by atoms with Crippen molar-refractivity contribution < 1.29 is 0 Å². The first-order valence-corrected chi connectivity index (χ1v) is 6.97. The van der Waals surface area contributed by atoms with Crippen LogP contribution in [0, 0.1) is 0 Å². The molecule has 2 heteroatoms. The molecule has 1 aromatic carbocycles. The van der Waals surface area contributed by atoms with Crippen LogP contribution in [0.15, 0.2) is 18.2 Å². The van der Waals surface area contributed by atoms with Gasteiger partial charge >= 0.3 is 0 Å². The average Bonchev–Trinajstić information content (AvgIpc) is 2.37. The van der Waals surface area contributed by atoms with Crippen LogP contribution in [0.1, 0.15) is 30.9 Å². The number of hydrogen-bond acceptors (Lipinski definition) is 2. The Morgan fingerprint density at radius 1 is 1.35 bits per heavy atom. The van der Waals surface area contributed by atoms with Crippen molar-refractivity contribution in [1.82, 2.24) is 5.32 Å². The molecular formula is C15H22N2. The summed E-state index contributed by atoms with van der Waals surface area (Å²) in [7, 11) is 0. The molecule has 17 heavy (non-hydrogen) atoms. The molecule has 0 unspecified atom stereocenters. The lowest BCUT2D eigenvalue weighted by atomic mass is 9.90. The number of benzene rings is 1. The van der Waals surface area contributed by atoms with Gasteiger partial charge in [0.2, 0.25) is 0 Å². The second-order valence-electron chi connectivity index (χ2n) is 5.33. The fourth-order valence-corrected chi connectivity index (χ4v) is 3.25. The van der Waals surface area contributed by atoms with Crippen LogP contribution in [0.2, 0.25) is 0 Å². The van der Waals surface area contributed by atoms with Crippen molar-refractivity contribution >= 4 is 5.69 Å². The molecule has 1 atom stereocenters. The number of para-hydroxylation sites is 1. The molecule has 0 saturated heterocycles. The Morgan fingerprint density at radius 3 is 3.12 bits per heavy atom. The Kier molecular flexibility index (Phi) is 3.06. The maximum Gasteiger partial charge on any atom is 0.0432 e. The minimum absolute atomic E-state index is 0.649. The van der Waals surface area contributed by atoms with Crippen LogP contribution >= 0.6 is 0 Å². The summed E-state index contributed by atoms with van der Waals surface area (Å²) in [5.74, 6) is 0. The first-order valence-electron chi connectivity index (χ1n) is 6.97. The van der Waals surface area contributed by atoms with E-state index in [0.717, 1.165) is 6.54 Å². The number of rotatable bonds is 3. The van der Waals surface area contributed by atoms with E-state index in [4.69, 9.17) is 0 Å². The molecule has 1 N–H and O–H groups in total. The summed E-state index contributed by atoms with van der Waals surface area (Å²) in [5, 5.41) is 3.68. The third-order valence-electron chi connectivity index (χ3n) is 3.98. The van der Waals surface area contributed by atoms with Crippen molar-refractivity contribution in [3.63, 3.8) is 0 Å². The molecule has 0 saturated carbocycles. The Bertz CT molecular complexity index is 400. The SMILES string of the molecule is CCCN[C@H]1Cc2cccc3c2N(CCC3)C1. The summed E-state index contributed by atoms with van der Waals surface area (Å²) >= 11 is 0. The molecule has 3 rings (SSSR count). The first kappa shape index (κ1) is 11.1. The molecule has 0 fully saturated rings. The van der Waals surface area contributed by atoms with Gasteiger partial charge in [0.05, 0.1) is 0 Å². The number of aryl methyl sites for hydroxylation is 1. The molecular weight excluding hydrogens is 208 g/mol. The quantitative estimate of drug-likeness (QED) is 0.857. The predicted octanol–water partition coefficient (Wildman–Crippen LogP) is 2.36. The minimum Gasteiger partial charge on any atom is -0.370 e. The van der Waals surface area contributed by atoms with E-state index in [1.54, 1.807) is 16.8 Å². The summed E-state index contributed by atoms with van der Waals surface area (Å²) in [6.45, 7) is 5.83. The Labute approximate surface area is 104 Å². The number of hydrogen-bond donors (Lipinski definition) is 1. The highest BCUT2D eigenvalue weighted by atomic mass is 15.2. The van der Waals surface area contributed by atoms with Crippen LogP contribution in [-0.4, -0.2) is 25.7 Å². The second kappa shape index (κ2) is 4.69. The monoisotopic (exact) mass is 230 g/mol. The van der Waals surface area contributed by atoms with E-state index >= 15 is 0 Å². The lowest BCUT2D eigenvalue weighted by Crippen LogP contribution is -2.48. The molecule has 0 radical (unpaired) electrons. The van der Waals surface area contributed by atoms with E-state index < -0.39 is 0 Å². The van der Waals surface area contributed by atoms with Crippen molar-refractivity contribution in [2.24, 2.45) is 0 Å². The number of nitrogens with zero attached hydrogens (tertiary/aromatic N) is 1. The molecule has 0 bridgehead atoms. The van der Waals surface area contributed by atoms with Crippen LogP contribution < -0.4 is 10.2 Å². The highest BCUT2D eigenvalue weighted by Gasteiger charge is 2.27. The maximum absolute atomic E-state index is 3.68. The zero-order valence-electron chi connectivity index (χ0n) is 10.7. The molecule has 2 aliphatic heterocycles. The van der Waals surface area contributed by atoms with E-state index in [1.807, 2.05) is 0 Å². The van der Waals surface area contributed by atoms with Crippen molar-refractivity contribution in [2.45, 2.75) is 38.6 Å². The zero-order valence-corrected chi connectivity index (χ0v) is 10.7. The van der Waals surface area contributed by atoms with Crippen molar-refractivity contribution in [1.29, 1.82) is 0 Å². The van der Waals surface area contributed by atoms with Crippen LogP contribution in [0.4, 0.5) is 5.69 Å². The molecule has 0 aromatic heterocycles. The summed E-state index contributed by atoms with van der Waals surface area (Å²) in [4.78, 5) is 2.60. The minimum atomic E-state index is 0.649. The third-order valence-corrected chi connectivity index (χ3v) is 3.98. The molecule has 1 aromatic rings. The highest BCUT2D eigenvalue weighted by molar-refractivity contribution is 5.63. The molecule has 0 aliphatic carbocycles. The molecule has 2 nitrogen and oxygen atoms in total. The smallest absolute Gasteiger partial charge is 0.0432 e. The number of anilines is 1. The summed E-state index contributed by atoms with van der Waals surface area (Å²) in [6, 6.07) is 7.51. The number of nitrogens with one attached hydrogen (secondary N) is 1. The predicted molar refractivity (Wildman–Crippen MR) is 72.8 cm³/mol. The van der Waals surface area contributed by atoms with Gasteiger partial charge < -0.3 is 10.2 Å². The summed E-state index contributed by atoms with van der Waals surface area (Å²) in [5.41, 5.74) is 4.69. The van der Waals surface area contributed by atoms with Gasteiger partial charge in [-0.15, -0.1) is 0 Å². The topological polar surface area (TPSA) is 15.3 Å². The van der Waals surface area contributed by atoms with E-state index in [2.05, 4.69) is 35.3 Å². The van der Waals surface area contributed by atoms with E-state index in [1.165, 1.54) is 38.8 Å². The first-order chi connectivity index (χ1) is 8.38. The lowest BCUT2D eigenvalue weighted by molar-refractivity contribution is 0.473. The molecule has 92 valence electrons. The van der Waals surface area contributed by atoms with Crippen molar-refractivity contribution in [2.75, 3.05) is 24.5 Å². The van der Waals surface area contributed by atoms with Gasteiger partial charge in [-0.25, -0.2) is 0 Å². The maximum atomic E-state index is 3.68. The Balaban J connectivity index is 1.86. The van der Waals surface area contributed by atoms with Crippen LogP contribution in [-0.2, 0) is 12.8 Å². The Morgan fingerprint density at radius 2 is 2.24 bits per heavy atom. The van der Waals surface area contributed by atoms with E-state index in [0.29, 0.717) is 6.04 Å². The van der Waals surface area contributed by atoms with Gasteiger partial charge in [0.15, 0.2) is 0 Å². The largest absolute Gasteiger partial charge is 0.370 e. The van der Waals surface area contributed by atoms with Gasteiger partial charge in [-0.2, -0.15) is 0 Å². The standard InChI is InChI=1S/C15H22N2/c1-2-8-16-14-10-13-6-3-5-12-7-4-9-17(11-14)15(12)13/h3,5-6,14,16H,2,4,7-11H2,1H3/t14-/m0/s1. The molecule has 0 amide bonds. The average molecular weight is 230 g/mol. The van der Waals surface area contributed by atoms with E-state index in [-0.39, 0.29) is 0 Å². The lowest BCUT2D eigenvalue weighted by Gasteiger charge is -2.40. The zero-order chi connectivity index (χ0) is 11.7. The molecule has 2 aliphatic rings. The molecule has 2 heterocycles. The third kappa shape index (κ3) is 2.06. The van der Waals surface area contributed by atoms with Gasteiger partial charge in [0.1, 0.15) is 0 Å². The van der Waals surface area contributed by atoms with Crippen LogP contribution in [0.5, 0.6) is 0 Å². The van der Waals surface area contributed by atoms with Gasteiger partial charge in [0.25, 0.3) is 0 Å². The fourth-order valence-electron chi connectivity index (χ4n) is 3.25. The van der Waals surface area contributed by atoms with E-state index in [9.17, 15) is 0 Å². The fraction of sp³-hybridized carbons (Fsp3) is 0.600. The Hall–Kier alpha value is -1.02. The van der Waals surface area contributed by atoms with Crippen molar-refractivity contribution in [3.8, 4) is 0 Å². The van der Waals surface area contributed by atoms with Crippen LogP contribution in [0.3, 0.4) is 0 Å². The molecule has 0 spiro atoms. The summed E-state index contributed by atoms with van der Waals surface area (Å²) < 4.78 is 0. The van der Waals surface area contributed by atoms with Crippen molar-refractivity contribution in [3.05, 3.63) is 29.3 Å². The normalized spacial score (nSPS) is 22.4. The second-order valence-corrected chi connectivity index (χ2v) is 5.33. The highest BCUT2D eigenvalue weighted by Crippen LogP contribution is 2.34. The van der Waals surface area contributed by atoms with Gasteiger partial charge in [-0.3, -0.25) is 0 Å². The summed E-state index contributed by atoms with van der Waals surface area (Å²) in [6.07, 6.45) is 5.02. The van der Waals surface area contributed by atoms with Gasteiger partial charge in [-0.05, 0) is 43.4 Å². The van der Waals surface area contributed by atoms with Gasteiger partial charge in [-0.1, -0.05) is 25.1 Å².